The van der Waals surface area contributed by atoms with Gasteiger partial charge in [-0.05, 0) is 66.5 Å². The minimum atomic E-state index is -0.401. The first-order valence-electron chi connectivity index (χ1n) is 6.97. The molecule has 1 aliphatic carbocycles. The molecule has 1 aromatic rings. The highest BCUT2D eigenvalue weighted by atomic mass is 127. The van der Waals surface area contributed by atoms with Crippen LogP contribution in [0.25, 0.3) is 0 Å². The van der Waals surface area contributed by atoms with Gasteiger partial charge < -0.3 is 11.5 Å². The lowest BCUT2D eigenvalue weighted by molar-refractivity contribution is 0.305. The number of rotatable bonds is 1. The van der Waals surface area contributed by atoms with Crippen LogP contribution in [-0.4, -0.2) is 17.6 Å². The Morgan fingerprint density at radius 1 is 1.19 bits per heavy atom. The molecule has 0 bridgehead atoms. The molecule has 2 aliphatic rings. The molecule has 0 atom stereocenters. The summed E-state index contributed by atoms with van der Waals surface area (Å²) in [4.78, 5) is 10.9. The fourth-order valence-corrected chi connectivity index (χ4v) is 4.25. The maximum atomic E-state index is 6.19. The molecule has 112 valence electrons. The summed E-state index contributed by atoms with van der Waals surface area (Å²) in [6.45, 7) is 0. The molecule has 0 saturated heterocycles. The van der Waals surface area contributed by atoms with Crippen molar-refractivity contribution in [2.45, 2.75) is 37.8 Å². The summed E-state index contributed by atoms with van der Waals surface area (Å²) in [6, 6.07) is 5.76. The van der Waals surface area contributed by atoms with Gasteiger partial charge in [-0.1, -0.05) is 18.0 Å². The van der Waals surface area contributed by atoms with E-state index in [1.807, 2.05) is 23.1 Å². The molecule has 7 heteroatoms. The molecule has 5 nitrogen and oxygen atoms in total. The normalized spacial score (nSPS) is 21.1. The second kappa shape index (κ2) is 5.64. The van der Waals surface area contributed by atoms with E-state index in [4.69, 9.17) is 23.1 Å². The molecule has 21 heavy (non-hydrogen) atoms. The summed E-state index contributed by atoms with van der Waals surface area (Å²) >= 11 is 8.33. The van der Waals surface area contributed by atoms with Gasteiger partial charge >= 0.3 is 0 Å². The van der Waals surface area contributed by atoms with E-state index in [0.717, 1.165) is 34.9 Å². The maximum absolute atomic E-state index is 6.19. The van der Waals surface area contributed by atoms with Crippen LogP contribution < -0.4 is 16.4 Å². The van der Waals surface area contributed by atoms with Gasteiger partial charge in [0.25, 0.3) is 0 Å². The molecule has 1 fully saturated rings. The molecule has 1 aliphatic heterocycles. The third-order valence-electron chi connectivity index (χ3n) is 4.00. The summed E-state index contributed by atoms with van der Waals surface area (Å²) in [5.41, 5.74) is 12.6. The number of guanidine groups is 2. The van der Waals surface area contributed by atoms with E-state index in [-0.39, 0.29) is 5.96 Å². The predicted molar refractivity (Wildman–Crippen MR) is 95.7 cm³/mol. The molecule has 1 heterocycles. The Hall–Kier alpha value is -1.02. The molecule has 0 aromatic heterocycles. The summed E-state index contributed by atoms with van der Waals surface area (Å²) in [7, 11) is 0. The van der Waals surface area contributed by atoms with E-state index in [2.05, 4.69) is 32.6 Å². The highest BCUT2D eigenvalue weighted by Gasteiger charge is 2.43. The lowest BCUT2D eigenvalue weighted by Crippen LogP contribution is -2.58. The van der Waals surface area contributed by atoms with Gasteiger partial charge in [-0.3, -0.25) is 4.90 Å². The average molecular weight is 418 g/mol. The molecular weight excluding hydrogens is 401 g/mol. The van der Waals surface area contributed by atoms with Crippen LogP contribution in [0.4, 0.5) is 5.69 Å². The Morgan fingerprint density at radius 3 is 2.57 bits per heavy atom. The fraction of sp³-hybridized carbons (Fsp3) is 0.429. The molecule has 3 rings (SSSR count). The number of nitrogens with zero attached hydrogens (tertiary/aromatic N) is 3. The van der Waals surface area contributed by atoms with Crippen LogP contribution in [0.3, 0.4) is 0 Å². The quantitative estimate of drug-likeness (QED) is 0.689. The van der Waals surface area contributed by atoms with Crippen molar-refractivity contribution >= 4 is 51.8 Å². The smallest absolute Gasteiger partial charge is 0.220 e. The zero-order chi connectivity index (χ0) is 15.0. The van der Waals surface area contributed by atoms with Crippen LogP contribution in [0.5, 0.6) is 0 Å². The van der Waals surface area contributed by atoms with E-state index in [9.17, 15) is 0 Å². The highest BCUT2D eigenvalue weighted by molar-refractivity contribution is 14.1. The molecule has 1 aromatic carbocycles. The SMILES string of the molecule is NC1=NC2(CCCCC2)N(c2ccc(Cl)cc2I)C(N)=N1. The number of nitrogens with two attached hydrogens (primary N) is 2. The number of hydrogen-bond donors (Lipinski definition) is 2. The standard InChI is InChI=1S/C14H17ClIN5/c15-9-4-5-11(10(16)8-9)21-13(18)19-12(17)20-14(21)6-2-1-3-7-14/h4-5,8H,1-3,6-7H2,(H4,17,18,19,20). The third kappa shape index (κ3) is 2.70. The Kier molecular flexibility index (Phi) is 4.00. The molecule has 0 amide bonds. The van der Waals surface area contributed by atoms with Crippen molar-refractivity contribution < 1.29 is 0 Å². The lowest BCUT2D eigenvalue weighted by atomic mass is 9.87. The van der Waals surface area contributed by atoms with Crippen LogP contribution in [0.15, 0.2) is 28.2 Å². The van der Waals surface area contributed by atoms with Crippen molar-refractivity contribution in [3.63, 3.8) is 0 Å². The zero-order valence-electron chi connectivity index (χ0n) is 11.5. The van der Waals surface area contributed by atoms with Crippen LogP contribution in [-0.2, 0) is 0 Å². The molecular formula is C14H17ClIN5. The number of aliphatic imine (C=N–C) groups is 2. The van der Waals surface area contributed by atoms with Gasteiger partial charge in [-0.15, -0.1) is 0 Å². The van der Waals surface area contributed by atoms with E-state index in [0.29, 0.717) is 11.0 Å². The topological polar surface area (TPSA) is 80.0 Å². The molecule has 4 N–H and O–H groups in total. The molecule has 0 unspecified atom stereocenters. The minimum absolute atomic E-state index is 0.273. The van der Waals surface area contributed by atoms with Crippen molar-refractivity contribution in [1.29, 1.82) is 0 Å². The van der Waals surface area contributed by atoms with Crippen molar-refractivity contribution in [3.8, 4) is 0 Å². The first-order chi connectivity index (χ1) is 10.0. The van der Waals surface area contributed by atoms with Gasteiger partial charge in [0.05, 0.1) is 5.69 Å². The lowest BCUT2D eigenvalue weighted by Gasteiger charge is -2.45. The van der Waals surface area contributed by atoms with Crippen LogP contribution in [0.1, 0.15) is 32.1 Å². The van der Waals surface area contributed by atoms with Gasteiger partial charge in [-0.25, -0.2) is 4.99 Å². The van der Waals surface area contributed by atoms with E-state index >= 15 is 0 Å². The van der Waals surface area contributed by atoms with E-state index in [1.165, 1.54) is 6.42 Å². The van der Waals surface area contributed by atoms with Gasteiger partial charge in [-0.2, -0.15) is 4.99 Å². The van der Waals surface area contributed by atoms with Crippen molar-refractivity contribution in [1.82, 2.24) is 0 Å². The molecule has 1 spiro atoms. The van der Waals surface area contributed by atoms with Crippen LogP contribution in [0, 0.1) is 3.57 Å². The monoisotopic (exact) mass is 417 g/mol. The van der Waals surface area contributed by atoms with Crippen LogP contribution in [0.2, 0.25) is 5.02 Å². The Bertz CT molecular complexity index is 622. The largest absolute Gasteiger partial charge is 0.369 e. The first-order valence-corrected chi connectivity index (χ1v) is 8.42. The van der Waals surface area contributed by atoms with Gasteiger partial charge in [0, 0.05) is 8.59 Å². The van der Waals surface area contributed by atoms with Crippen molar-refractivity contribution in [2.75, 3.05) is 4.90 Å². The highest BCUT2D eigenvalue weighted by Crippen LogP contribution is 2.41. The number of benzene rings is 1. The summed E-state index contributed by atoms with van der Waals surface area (Å²) in [5, 5.41) is 0.705. The fourth-order valence-electron chi connectivity index (χ4n) is 3.13. The van der Waals surface area contributed by atoms with Gasteiger partial charge in [0.1, 0.15) is 5.66 Å². The average Bonchev–Trinajstić information content (AvgIpc) is 2.41. The summed E-state index contributed by atoms with van der Waals surface area (Å²) in [5.74, 6) is 0.680. The van der Waals surface area contributed by atoms with Crippen molar-refractivity contribution in [3.05, 3.63) is 26.8 Å². The summed E-state index contributed by atoms with van der Waals surface area (Å²) in [6.07, 6.45) is 5.32. The van der Waals surface area contributed by atoms with Crippen LogP contribution >= 0.6 is 34.2 Å². The van der Waals surface area contributed by atoms with E-state index < -0.39 is 5.66 Å². The minimum Gasteiger partial charge on any atom is -0.369 e. The number of halogens is 2. The zero-order valence-corrected chi connectivity index (χ0v) is 14.4. The number of hydrogen-bond acceptors (Lipinski definition) is 5. The first kappa shape index (κ1) is 14.9. The van der Waals surface area contributed by atoms with Crippen molar-refractivity contribution in [2.24, 2.45) is 21.5 Å². The third-order valence-corrected chi connectivity index (χ3v) is 5.10. The van der Waals surface area contributed by atoms with Gasteiger partial charge in [0.2, 0.25) is 11.9 Å². The Balaban J connectivity index is 2.10. The molecule has 1 saturated carbocycles. The predicted octanol–water partition coefficient (Wildman–Crippen LogP) is 3.05. The second-order valence-corrected chi connectivity index (χ2v) is 7.01. The second-order valence-electron chi connectivity index (χ2n) is 5.41. The van der Waals surface area contributed by atoms with Gasteiger partial charge in [0.15, 0.2) is 0 Å². The Morgan fingerprint density at radius 2 is 1.90 bits per heavy atom. The number of anilines is 1. The Labute approximate surface area is 142 Å². The summed E-state index contributed by atoms with van der Waals surface area (Å²) < 4.78 is 1.03. The maximum Gasteiger partial charge on any atom is 0.220 e. The van der Waals surface area contributed by atoms with E-state index in [1.54, 1.807) is 0 Å². The molecule has 0 radical (unpaired) electrons.